The average Bonchev–Trinajstić information content (AvgIpc) is 3.07. The van der Waals surface area contributed by atoms with E-state index >= 15 is 0 Å². The molecule has 1 aromatic rings. The summed E-state index contributed by atoms with van der Waals surface area (Å²) >= 11 is 3.12. The number of amides is 1. The molecule has 1 aromatic heterocycles. The molecule has 22 heavy (non-hydrogen) atoms. The lowest BCUT2D eigenvalue weighted by molar-refractivity contribution is -0.129. The molecule has 6 heteroatoms. The fourth-order valence-electron chi connectivity index (χ4n) is 3.21. The van der Waals surface area contributed by atoms with Gasteiger partial charge < -0.3 is 4.90 Å². The molecule has 1 amide bonds. The van der Waals surface area contributed by atoms with Crippen LogP contribution in [0, 0.1) is 5.92 Å². The molecule has 0 radical (unpaired) electrons. The summed E-state index contributed by atoms with van der Waals surface area (Å²) in [5.41, 5.74) is 1.26. The molecule has 2 heterocycles. The van der Waals surface area contributed by atoms with Gasteiger partial charge in [-0.1, -0.05) is 11.8 Å². The average molecular weight is 338 g/mol. The van der Waals surface area contributed by atoms with E-state index in [2.05, 4.69) is 6.92 Å². The molecule has 2 aliphatic rings. The summed E-state index contributed by atoms with van der Waals surface area (Å²) in [6.07, 6.45) is 5.29. The van der Waals surface area contributed by atoms with Crippen LogP contribution < -0.4 is 0 Å². The molecule has 2 atom stereocenters. The summed E-state index contributed by atoms with van der Waals surface area (Å²) in [7, 11) is 0. The molecule has 0 bridgehead atoms. The van der Waals surface area contributed by atoms with Crippen LogP contribution in [0.2, 0.25) is 0 Å². The third-order valence-corrected chi connectivity index (χ3v) is 6.82. The minimum atomic E-state index is 0.0652. The number of hydrogen-bond donors (Lipinski definition) is 0. The van der Waals surface area contributed by atoms with E-state index in [1.165, 1.54) is 35.2 Å². The first-order chi connectivity index (χ1) is 10.5. The number of thiazole rings is 1. The Kier molecular flexibility index (Phi) is 4.88. The van der Waals surface area contributed by atoms with Crippen molar-refractivity contribution in [3.05, 3.63) is 15.6 Å². The van der Waals surface area contributed by atoms with Gasteiger partial charge in [0.05, 0.1) is 11.7 Å². The van der Waals surface area contributed by atoms with Gasteiger partial charge in [-0.2, -0.15) is 0 Å². The van der Waals surface area contributed by atoms with Crippen LogP contribution in [-0.2, 0) is 22.4 Å². The van der Waals surface area contributed by atoms with Gasteiger partial charge >= 0.3 is 0 Å². The summed E-state index contributed by atoms with van der Waals surface area (Å²) < 4.78 is 0. The van der Waals surface area contributed by atoms with Crippen molar-refractivity contribution in [2.75, 3.05) is 12.3 Å². The molecule has 0 spiro atoms. The van der Waals surface area contributed by atoms with Crippen LogP contribution in [0.4, 0.5) is 0 Å². The van der Waals surface area contributed by atoms with E-state index in [0.29, 0.717) is 12.3 Å². The molecule has 3 rings (SSSR count). The largest absolute Gasteiger partial charge is 0.333 e. The van der Waals surface area contributed by atoms with Crippen molar-refractivity contribution in [3.63, 3.8) is 0 Å². The van der Waals surface area contributed by atoms with Crippen molar-refractivity contribution in [1.82, 2.24) is 9.88 Å². The smallest absolute Gasteiger partial charge is 0.223 e. The van der Waals surface area contributed by atoms with Crippen LogP contribution in [0.1, 0.15) is 54.7 Å². The highest BCUT2D eigenvalue weighted by Crippen LogP contribution is 2.35. The summed E-state index contributed by atoms with van der Waals surface area (Å²) in [6, 6.07) is 0.0652. The normalized spacial score (nSPS) is 22.7. The number of carbonyl (C=O) groups is 2. The number of carbonyl (C=O) groups excluding carboxylic acids is 2. The molecule has 1 fully saturated rings. The second-order valence-electron chi connectivity index (χ2n) is 6.22. The van der Waals surface area contributed by atoms with Crippen molar-refractivity contribution in [2.45, 2.75) is 52.0 Å². The summed E-state index contributed by atoms with van der Waals surface area (Å²) in [4.78, 5) is 31.6. The van der Waals surface area contributed by atoms with Crippen molar-refractivity contribution in [1.29, 1.82) is 0 Å². The number of hydrogen-bond acceptors (Lipinski definition) is 5. The van der Waals surface area contributed by atoms with Crippen LogP contribution in [0.3, 0.4) is 0 Å². The highest BCUT2D eigenvalue weighted by atomic mass is 32.2. The molecule has 4 nitrogen and oxygen atoms in total. The molecular weight excluding hydrogens is 316 g/mol. The first-order valence-electron chi connectivity index (χ1n) is 7.96. The van der Waals surface area contributed by atoms with Gasteiger partial charge in [-0.3, -0.25) is 9.59 Å². The molecule has 2 unspecified atom stereocenters. The van der Waals surface area contributed by atoms with E-state index in [4.69, 9.17) is 4.98 Å². The zero-order valence-corrected chi connectivity index (χ0v) is 14.8. The number of likely N-dealkylation sites (tertiary alicyclic amines) is 1. The molecule has 1 aliphatic heterocycles. The highest BCUT2D eigenvalue weighted by Gasteiger charge is 2.34. The van der Waals surface area contributed by atoms with Crippen molar-refractivity contribution in [2.24, 2.45) is 5.92 Å². The quantitative estimate of drug-likeness (QED) is 0.846. The van der Waals surface area contributed by atoms with Gasteiger partial charge in [-0.15, -0.1) is 11.3 Å². The van der Waals surface area contributed by atoms with E-state index in [9.17, 15) is 9.59 Å². The second kappa shape index (κ2) is 6.71. The van der Waals surface area contributed by atoms with Gasteiger partial charge in [0, 0.05) is 30.5 Å². The Labute approximate surface area is 139 Å². The van der Waals surface area contributed by atoms with Crippen LogP contribution in [0.5, 0.6) is 0 Å². The predicted molar refractivity (Wildman–Crippen MR) is 90.1 cm³/mol. The number of aromatic nitrogens is 1. The SMILES string of the molecule is CC(=O)SCC1CC(=O)N(C(C)c2nc3c(s2)CCCC3)C1. The number of fused-ring (bicyclic) bond motifs is 1. The minimum Gasteiger partial charge on any atom is -0.333 e. The van der Waals surface area contributed by atoms with Crippen molar-refractivity contribution >= 4 is 34.1 Å². The fourth-order valence-corrected chi connectivity index (χ4v) is 5.13. The lowest BCUT2D eigenvalue weighted by atomic mass is 10.0. The molecule has 0 N–H and O–H groups in total. The van der Waals surface area contributed by atoms with Gasteiger partial charge in [0.1, 0.15) is 5.01 Å². The van der Waals surface area contributed by atoms with Gasteiger partial charge in [-0.05, 0) is 38.5 Å². The van der Waals surface area contributed by atoms with Gasteiger partial charge in [0.15, 0.2) is 5.12 Å². The molecule has 1 aliphatic carbocycles. The maximum absolute atomic E-state index is 12.3. The van der Waals surface area contributed by atoms with E-state index in [1.807, 2.05) is 4.90 Å². The topological polar surface area (TPSA) is 50.3 Å². The molecule has 1 saturated heterocycles. The standard InChI is InChI=1S/C16H22N2O2S2/c1-10(16-17-13-5-3-4-6-14(13)22-16)18-8-12(7-15(18)20)9-21-11(2)19/h10,12H,3-9H2,1-2H3. The second-order valence-corrected chi connectivity index (χ2v) is 8.54. The Hall–Kier alpha value is -0.880. The fraction of sp³-hybridized carbons (Fsp3) is 0.688. The number of thioether (sulfide) groups is 1. The maximum atomic E-state index is 12.3. The zero-order chi connectivity index (χ0) is 15.7. The third-order valence-electron chi connectivity index (χ3n) is 4.45. The summed E-state index contributed by atoms with van der Waals surface area (Å²) in [5, 5.41) is 1.21. The minimum absolute atomic E-state index is 0.0652. The van der Waals surface area contributed by atoms with Crippen LogP contribution in [-0.4, -0.2) is 33.2 Å². The predicted octanol–water partition coefficient (Wildman–Crippen LogP) is 3.21. The first kappa shape index (κ1) is 16.0. The van der Waals surface area contributed by atoms with E-state index < -0.39 is 0 Å². The Morgan fingerprint density at radius 3 is 2.95 bits per heavy atom. The van der Waals surface area contributed by atoms with E-state index in [-0.39, 0.29) is 17.1 Å². The van der Waals surface area contributed by atoms with E-state index in [0.717, 1.165) is 30.1 Å². The van der Waals surface area contributed by atoms with Crippen molar-refractivity contribution < 1.29 is 9.59 Å². The Balaban J connectivity index is 1.66. The van der Waals surface area contributed by atoms with E-state index in [1.54, 1.807) is 18.3 Å². The number of aryl methyl sites for hydroxylation is 2. The Morgan fingerprint density at radius 1 is 1.45 bits per heavy atom. The van der Waals surface area contributed by atoms with Crippen LogP contribution in [0.15, 0.2) is 0 Å². The lowest BCUT2D eigenvalue weighted by Crippen LogP contribution is -2.28. The molecular formula is C16H22N2O2S2. The monoisotopic (exact) mass is 338 g/mol. The summed E-state index contributed by atoms with van der Waals surface area (Å²) in [5.74, 6) is 1.24. The third kappa shape index (κ3) is 3.38. The zero-order valence-electron chi connectivity index (χ0n) is 13.1. The molecule has 0 saturated carbocycles. The van der Waals surface area contributed by atoms with Gasteiger partial charge in [-0.25, -0.2) is 4.98 Å². The first-order valence-corrected chi connectivity index (χ1v) is 9.76. The maximum Gasteiger partial charge on any atom is 0.223 e. The van der Waals surface area contributed by atoms with Gasteiger partial charge in [0.2, 0.25) is 5.91 Å². The Bertz CT molecular complexity index is 561. The van der Waals surface area contributed by atoms with Gasteiger partial charge in [0.25, 0.3) is 0 Å². The number of nitrogens with zero attached hydrogens (tertiary/aromatic N) is 2. The van der Waals surface area contributed by atoms with Crippen LogP contribution in [0.25, 0.3) is 0 Å². The van der Waals surface area contributed by atoms with Crippen LogP contribution >= 0.6 is 23.1 Å². The molecule has 120 valence electrons. The summed E-state index contributed by atoms with van der Waals surface area (Å²) in [6.45, 7) is 4.43. The molecule has 0 aromatic carbocycles. The highest BCUT2D eigenvalue weighted by molar-refractivity contribution is 8.13. The Morgan fingerprint density at radius 2 is 2.23 bits per heavy atom. The lowest BCUT2D eigenvalue weighted by Gasteiger charge is -2.23. The number of rotatable bonds is 4. The van der Waals surface area contributed by atoms with Crippen molar-refractivity contribution in [3.8, 4) is 0 Å².